The third kappa shape index (κ3) is 9.69. The van der Waals surface area contributed by atoms with Crippen molar-refractivity contribution in [2.45, 2.75) is 29.5 Å². The van der Waals surface area contributed by atoms with Gasteiger partial charge in [0.1, 0.15) is 16.4 Å². The van der Waals surface area contributed by atoms with Gasteiger partial charge in [0, 0.05) is 37.7 Å². The number of hydrogen-bond acceptors (Lipinski definition) is 7. The van der Waals surface area contributed by atoms with E-state index in [2.05, 4.69) is 39.6 Å². The van der Waals surface area contributed by atoms with Gasteiger partial charge >= 0.3 is 12.1 Å². The first-order valence-corrected chi connectivity index (χ1v) is 15.0. The van der Waals surface area contributed by atoms with Crippen LogP contribution in [0.25, 0.3) is 0 Å². The van der Waals surface area contributed by atoms with E-state index in [1.165, 1.54) is 20.3 Å². The topological polar surface area (TPSA) is 143 Å². The molecule has 0 bridgehead atoms. The predicted octanol–water partition coefficient (Wildman–Crippen LogP) is 3.54. The Morgan fingerprint density at radius 2 is 1.52 bits per heavy atom. The fourth-order valence-electron chi connectivity index (χ4n) is 4.65. The van der Waals surface area contributed by atoms with Crippen molar-refractivity contribution < 1.29 is 45.8 Å². The first kappa shape index (κ1) is 34.4. The number of nitrogens with one attached hydrogen (secondary N) is 3. The minimum absolute atomic E-state index is 0.00510. The van der Waals surface area contributed by atoms with Gasteiger partial charge in [0.05, 0.1) is 20.1 Å². The average molecular weight is 638 g/mol. The van der Waals surface area contributed by atoms with Gasteiger partial charge in [0.2, 0.25) is 15.9 Å². The molecule has 1 fully saturated rings. The molecule has 2 atom stereocenters. The van der Waals surface area contributed by atoms with Crippen LogP contribution < -0.4 is 24.8 Å². The number of halogens is 3. The highest BCUT2D eigenvalue weighted by molar-refractivity contribution is 7.89. The summed E-state index contributed by atoms with van der Waals surface area (Å²) in [6, 6.07) is 24.3. The molecule has 0 saturated carbocycles. The maximum atomic E-state index is 13.2. The van der Waals surface area contributed by atoms with E-state index in [4.69, 9.17) is 19.4 Å². The van der Waals surface area contributed by atoms with Gasteiger partial charge in [-0.2, -0.15) is 13.2 Å². The van der Waals surface area contributed by atoms with E-state index in [9.17, 15) is 26.4 Å². The highest BCUT2D eigenvalue weighted by atomic mass is 32.2. The van der Waals surface area contributed by atoms with Crippen molar-refractivity contribution in [3.05, 3.63) is 90.0 Å². The fourth-order valence-corrected chi connectivity index (χ4v) is 6.09. The Morgan fingerprint density at radius 3 is 2.02 bits per heavy atom. The first-order valence-electron chi connectivity index (χ1n) is 13.5. The molecule has 10 nitrogen and oxygen atoms in total. The van der Waals surface area contributed by atoms with Crippen molar-refractivity contribution >= 4 is 21.9 Å². The number of benzene rings is 3. The van der Waals surface area contributed by atoms with Crippen molar-refractivity contribution in [3.63, 3.8) is 0 Å². The molecule has 4 N–H and O–H groups in total. The lowest BCUT2D eigenvalue weighted by molar-refractivity contribution is -0.192. The largest absolute Gasteiger partial charge is 0.497 e. The number of ether oxygens (including phenoxy) is 2. The third-order valence-corrected chi connectivity index (χ3v) is 8.37. The second kappa shape index (κ2) is 15.5. The van der Waals surface area contributed by atoms with E-state index in [1.807, 2.05) is 36.4 Å². The van der Waals surface area contributed by atoms with E-state index >= 15 is 0 Å². The van der Waals surface area contributed by atoms with Gasteiger partial charge < -0.3 is 25.2 Å². The summed E-state index contributed by atoms with van der Waals surface area (Å²) in [4.78, 5) is 22.1. The molecule has 238 valence electrons. The van der Waals surface area contributed by atoms with Crippen molar-refractivity contribution in [1.82, 2.24) is 15.4 Å². The number of amides is 1. The van der Waals surface area contributed by atoms with Crippen LogP contribution in [0.3, 0.4) is 0 Å². The smallest absolute Gasteiger partial charge is 0.490 e. The molecular formula is C30H34F3N3O7S. The summed E-state index contributed by atoms with van der Waals surface area (Å²) in [6.07, 6.45) is -4.70. The molecule has 0 aliphatic carbocycles. The number of hydrogen-bond donors (Lipinski definition) is 4. The van der Waals surface area contributed by atoms with E-state index in [0.717, 1.165) is 11.1 Å². The summed E-state index contributed by atoms with van der Waals surface area (Å²) >= 11 is 0. The maximum absolute atomic E-state index is 13.2. The second-order valence-electron chi connectivity index (χ2n) is 9.85. The molecule has 0 unspecified atom stereocenters. The molecule has 4 rings (SSSR count). The maximum Gasteiger partial charge on any atom is 0.490 e. The van der Waals surface area contributed by atoms with Crippen LogP contribution in [-0.2, 0) is 19.6 Å². The van der Waals surface area contributed by atoms with Gasteiger partial charge in [0.25, 0.3) is 0 Å². The molecule has 14 heteroatoms. The normalized spacial score (nSPS) is 16.8. The molecule has 0 aromatic heterocycles. The minimum atomic E-state index is -5.08. The molecule has 0 radical (unpaired) electrons. The van der Waals surface area contributed by atoms with Crippen LogP contribution in [0, 0.1) is 5.92 Å². The van der Waals surface area contributed by atoms with Gasteiger partial charge in [-0.3, -0.25) is 4.79 Å². The van der Waals surface area contributed by atoms with Crippen molar-refractivity contribution in [2.75, 3.05) is 33.9 Å². The zero-order chi connectivity index (χ0) is 32.3. The second-order valence-corrected chi connectivity index (χ2v) is 11.5. The van der Waals surface area contributed by atoms with Crippen molar-refractivity contribution in [3.8, 4) is 11.5 Å². The van der Waals surface area contributed by atoms with E-state index in [-0.39, 0.29) is 28.4 Å². The van der Waals surface area contributed by atoms with E-state index in [0.29, 0.717) is 31.8 Å². The summed E-state index contributed by atoms with van der Waals surface area (Å²) in [6.45, 7) is 1.35. The number of piperidine rings is 1. The Hall–Kier alpha value is -4.14. The fraction of sp³-hybridized carbons (Fsp3) is 0.333. The van der Waals surface area contributed by atoms with Gasteiger partial charge in [0.15, 0.2) is 0 Å². The number of rotatable bonds is 10. The standard InChI is InChI=1S/C28H33N3O5S.C2HF3O2/c1-35-24-13-14-26(36-2)27(16-24)37(33,34)31-23-15-22(17-29-18-23)28(32)30-19-25(20-9-5-3-6-10-20)21-11-7-4-8-12-21;3-2(4,5)1(6)7/h3-14,16,22-23,25,29,31H,15,17-19H2,1-2H3,(H,30,32);(H,6,7)/t22-,23+;/m0./s1. The molecule has 1 heterocycles. The molecule has 1 aliphatic rings. The number of methoxy groups -OCH3 is 2. The van der Waals surface area contributed by atoms with Gasteiger partial charge in [-0.25, -0.2) is 17.9 Å². The number of carboxylic acid groups (broad SMARTS) is 1. The van der Waals surface area contributed by atoms with Crippen LogP contribution in [0.4, 0.5) is 13.2 Å². The first-order chi connectivity index (χ1) is 20.9. The minimum Gasteiger partial charge on any atom is -0.497 e. The summed E-state index contributed by atoms with van der Waals surface area (Å²) in [5, 5.41) is 13.4. The summed E-state index contributed by atoms with van der Waals surface area (Å²) in [5.41, 5.74) is 2.24. The zero-order valence-corrected chi connectivity index (χ0v) is 24.8. The van der Waals surface area contributed by atoms with Crippen molar-refractivity contribution in [2.24, 2.45) is 5.92 Å². The van der Waals surface area contributed by atoms with Crippen LogP contribution in [0.2, 0.25) is 0 Å². The van der Waals surface area contributed by atoms with Crippen LogP contribution in [-0.4, -0.2) is 71.5 Å². The Bertz CT molecular complexity index is 1450. The number of alkyl halides is 3. The number of aliphatic carboxylic acids is 1. The van der Waals surface area contributed by atoms with E-state index in [1.54, 1.807) is 12.1 Å². The lowest BCUT2D eigenvalue weighted by Crippen LogP contribution is -2.52. The van der Waals surface area contributed by atoms with Crippen LogP contribution in [0.15, 0.2) is 83.8 Å². The molecule has 3 aromatic rings. The summed E-state index contributed by atoms with van der Waals surface area (Å²) in [7, 11) is -1.02. The third-order valence-electron chi connectivity index (χ3n) is 6.83. The molecule has 1 saturated heterocycles. The number of carboxylic acids is 1. The average Bonchev–Trinajstić information content (AvgIpc) is 3.01. The molecule has 1 aliphatic heterocycles. The zero-order valence-electron chi connectivity index (χ0n) is 24.0. The highest BCUT2D eigenvalue weighted by Crippen LogP contribution is 2.29. The van der Waals surface area contributed by atoms with Crippen LogP contribution in [0.5, 0.6) is 11.5 Å². The Kier molecular flexibility index (Phi) is 12.1. The molecule has 44 heavy (non-hydrogen) atoms. The Morgan fingerprint density at radius 1 is 0.955 bits per heavy atom. The lowest BCUT2D eigenvalue weighted by Gasteiger charge is -2.30. The SMILES string of the molecule is COc1ccc(OC)c(S(=O)(=O)N[C@H]2CNC[C@@H](C(=O)NCC(c3ccccc3)c3ccccc3)C2)c1.O=C(O)C(F)(F)F. The molecule has 0 spiro atoms. The lowest BCUT2D eigenvalue weighted by atomic mass is 9.90. The molecular weight excluding hydrogens is 603 g/mol. The Balaban J connectivity index is 0.000000676. The molecule has 3 aromatic carbocycles. The summed E-state index contributed by atoms with van der Waals surface area (Å²) in [5.74, 6) is -2.59. The van der Waals surface area contributed by atoms with Crippen molar-refractivity contribution in [1.29, 1.82) is 0 Å². The predicted molar refractivity (Wildman–Crippen MR) is 156 cm³/mol. The number of carbonyl (C=O) groups is 2. The van der Waals surface area contributed by atoms with E-state index < -0.39 is 28.2 Å². The highest BCUT2D eigenvalue weighted by Gasteiger charge is 2.38. The quantitative estimate of drug-likeness (QED) is 0.265. The van der Waals surface area contributed by atoms with Crippen LogP contribution >= 0.6 is 0 Å². The number of sulfonamides is 1. The monoisotopic (exact) mass is 637 g/mol. The van der Waals surface area contributed by atoms with Gasteiger partial charge in [-0.05, 0) is 29.7 Å². The van der Waals surface area contributed by atoms with Gasteiger partial charge in [-0.15, -0.1) is 0 Å². The molecule has 1 amide bonds. The van der Waals surface area contributed by atoms with Crippen LogP contribution in [0.1, 0.15) is 23.5 Å². The summed E-state index contributed by atoms with van der Waals surface area (Å²) < 4.78 is 71.3. The Labute approximate surface area is 253 Å². The number of carbonyl (C=O) groups excluding carboxylic acids is 1. The van der Waals surface area contributed by atoms with Gasteiger partial charge in [-0.1, -0.05) is 60.7 Å².